The standard InChI is InChI=1S/C14H28O3/c1-5-7-9-14(11-15-10-8-6-2)12-16-13(3,4)17-14/h5-12H2,1-4H3. The molecule has 0 aromatic heterocycles. The summed E-state index contributed by atoms with van der Waals surface area (Å²) in [6.07, 6.45) is 5.66. The lowest BCUT2D eigenvalue weighted by Crippen LogP contribution is -2.39. The molecule has 3 nitrogen and oxygen atoms in total. The summed E-state index contributed by atoms with van der Waals surface area (Å²) in [5.74, 6) is -0.456. The molecule has 0 saturated carbocycles. The van der Waals surface area contributed by atoms with Crippen molar-refractivity contribution in [2.24, 2.45) is 0 Å². The molecule has 0 radical (unpaired) electrons. The zero-order valence-corrected chi connectivity index (χ0v) is 11.9. The minimum atomic E-state index is -0.456. The van der Waals surface area contributed by atoms with Crippen molar-refractivity contribution in [2.45, 2.75) is 71.2 Å². The summed E-state index contributed by atoms with van der Waals surface area (Å²) in [7, 11) is 0. The fourth-order valence-electron chi connectivity index (χ4n) is 2.16. The van der Waals surface area contributed by atoms with Gasteiger partial charge in [-0.25, -0.2) is 0 Å². The molecule has 102 valence electrons. The van der Waals surface area contributed by atoms with E-state index in [1.807, 2.05) is 13.8 Å². The molecule has 1 rings (SSSR count). The van der Waals surface area contributed by atoms with Gasteiger partial charge in [-0.3, -0.25) is 0 Å². The van der Waals surface area contributed by atoms with E-state index in [1.54, 1.807) is 0 Å². The molecule has 1 fully saturated rings. The van der Waals surface area contributed by atoms with Gasteiger partial charge in [0.05, 0.1) is 13.2 Å². The second-order valence-electron chi connectivity index (χ2n) is 5.48. The van der Waals surface area contributed by atoms with E-state index in [-0.39, 0.29) is 5.60 Å². The number of unbranched alkanes of at least 4 members (excludes halogenated alkanes) is 2. The largest absolute Gasteiger partial charge is 0.378 e. The normalized spacial score (nSPS) is 27.5. The molecule has 0 bridgehead atoms. The van der Waals surface area contributed by atoms with Crippen LogP contribution in [0.4, 0.5) is 0 Å². The van der Waals surface area contributed by atoms with E-state index in [2.05, 4.69) is 13.8 Å². The predicted octanol–water partition coefficient (Wildman–Crippen LogP) is 3.52. The maximum absolute atomic E-state index is 6.07. The molecule has 1 aliphatic rings. The molecule has 1 atom stereocenters. The summed E-state index contributed by atoms with van der Waals surface area (Å²) in [5.41, 5.74) is -0.215. The van der Waals surface area contributed by atoms with Gasteiger partial charge in [-0.05, 0) is 26.7 Å². The van der Waals surface area contributed by atoms with E-state index < -0.39 is 5.79 Å². The van der Waals surface area contributed by atoms with Gasteiger partial charge in [-0.15, -0.1) is 0 Å². The Morgan fingerprint density at radius 1 is 1.12 bits per heavy atom. The van der Waals surface area contributed by atoms with Gasteiger partial charge < -0.3 is 14.2 Å². The maximum atomic E-state index is 6.07. The second kappa shape index (κ2) is 6.72. The Hall–Kier alpha value is -0.120. The van der Waals surface area contributed by atoms with Crippen LogP contribution in [0.25, 0.3) is 0 Å². The third-order valence-electron chi connectivity index (χ3n) is 3.14. The quantitative estimate of drug-likeness (QED) is 0.611. The fourth-order valence-corrected chi connectivity index (χ4v) is 2.16. The van der Waals surface area contributed by atoms with E-state index in [9.17, 15) is 0 Å². The van der Waals surface area contributed by atoms with Crippen molar-refractivity contribution in [3.63, 3.8) is 0 Å². The van der Waals surface area contributed by atoms with Crippen LogP contribution >= 0.6 is 0 Å². The van der Waals surface area contributed by atoms with E-state index in [4.69, 9.17) is 14.2 Å². The van der Waals surface area contributed by atoms with Crippen molar-refractivity contribution >= 4 is 0 Å². The van der Waals surface area contributed by atoms with Crippen LogP contribution in [-0.4, -0.2) is 31.2 Å². The summed E-state index contributed by atoms with van der Waals surface area (Å²) in [5, 5.41) is 0. The van der Waals surface area contributed by atoms with Gasteiger partial charge >= 0.3 is 0 Å². The molecule has 0 aromatic rings. The number of hydrogen-bond donors (Lipinski definition) is 0. The summed E-state index contributed by atoms with van der Waals surface area (Å²) in [6, 6.07) is 0. The van der Waals surface area contributed by atoms with Crippen LogP contribution in [0.5, 0.6) is 0 Å². The third-order valence-corrected chi connectivity index (χ3v) is 3.14. The fraction of sp³-hybridized carbons (Fsp3) is 1.00. The molecule has 1 heterocycles. The SMILES string of the molecule is CCCCOCC1(CCCC)COC(C)(C)O1. The van der Waals surface area contributed by atoms with Crippen LogP contribution in [0.1, 0.15) is 59.8 Å². The molecule has 3 heteroatoms. The molecule has 0 amide bonds. The lowest BCUT2D eigenvalue weighted by Gasteiger charge is -2.29. The second-order valence-corrected chi connectivity index (χ2v) is 5.48. The van der Waals surface area contributed by atoms with Gasteiger partial charge in [0, 0.05) is 6.61 Å². The van der Waals surface area contributed by atoms with Gasteiger partial charge in [0.2, 0.25) is 0 Å². The molecule has 0 aromatic carbocycles. The van der Waals surface area contributed by atoms with E-state index in [0.29, 0.717) is 13.2 Å². The van der Waals surface area contributed by atoms with E-state index in [1.165, 1.54) is 12.8 Å². The molecular formula is C14H28O3. The predicted molar refractivity (Wildman–Crippen MR) is 69.1 cm³/mol. The van der Waals surface area contributed by atoms with E-state index >= 15 is 0 Å². The van der Waals surface area contributed by atoms with Gasteiger partial charge in [-0.2, -0.15) is 0 Å². The van der Waals surface area contributed by atoms with Crippen molar-refractivity contribution in [1.82, 2.24) is 0 Å². The smallest absolute Gasteiger partial charge is 0.163 e. The van der Waals surface area contributed by atoms with Crippen LogP contribution in [0.15, 0.2) is 0 Å². The lowest BCUT2D eigenvalue weighted by molar-refractivity contribution is -0.175. The third kappa shape index (κ3) is 4.94. The average Bonchev–Trinajstić information content (AvgIpc) is 2.59. The average molecular weight is 244 g/mol. The van der Waals surface area contributed by atoms with Gasteiger partial charge in [0.25, 0.3) is 0 Å². The maximum Gasteiger partial charge on any atom is 0.163 e. The highest BCUT2D eigenvalue weighted by Gasteiger charge is 2.45. The summed E-state index contributed by atoms with van der Waals surface area (Å²) < 4.78 is 17.5. The van der Waals surface area contributed by atoms with Crippen LogP contribution in [0.2, 0.25) is 0 Å². The summed E-state index contributed by atoms with van der Waals surface area (Å²) >= 11 is 0. The first kappa shape index (κ1) is 14.9. The zero-order valence-electron chi connectivity index (χ0n) is 11.9. The highest BCUT2D eigenvalue weighted by Crippen LogP contribution is 2.34. The Labute approximate surface area is 106 Å². The molecule has 0 N–H and O–H groups in total. The van der Waals surface area contributed by atoms with Crippen LogP contribution < -0.4 is 0 Å². The van der Waals surface area contributed by atoms with Crippen LogP contribution in [0.3, 0.4) is 0 Å². The zero-order chi connectivity index (χ0) is 12.8. The van der Waals surface area contributed by atoms with Crippen molar-refractivity contribution in [1.29, 1.82) is 0 Å². The Bertz CT molecular complexity index is 216. The molecule has 0 aliphatic carbocycles. The minimum absolute atomic E-state index is 0.215. The van der Waals surface area contributed by atoms with Crippen LogP contribution in [0, 0.1) is 0 Å². The Balaban J connectivity index is 2.43. The van der Waals surface area contributed by atoms with Gasteiger partial charge in [0.1, 0.15) is 5.60 Å². The molecular weight excluding hydrogens is 216 g/mol. The van der Waals surface area contributed by atoms with Crippen molar-refractivity contribution < 1.29 is 14.2 Å². The first-order chi connectivity index (χ1) is 8.04. The van der Waals surface area contributed by atoms with Crippen molar-refractivity contribution in [3.05, 3.63) is 0 Å². The number of hydrogen-bond acceptors (Lipinski definition) is 3. The Morgan fingerprint density at radius 3 is 2.35 bits per heavy atom. The van der Waals surface area contributed by atoms with Crippen molar-refractivity contribution in [2.75, 3.05) is 19.8 Å². The number of ether oxygens (including phenoxy) is 3. The molecule has 0 spiro atoms. The van der Waals surface area contributed by atoms with Crippen LogP contribution in [-0.2, 0) is 14.2 Å². The molecule has 1 unspecified atom stereocenters. The summed E-state index contributed by atoms with van der Waals surface area (Å²) in [4.78, 5) is 0. The molecule has 17 heavy (non-hydrogen) atoms. The lowest BCUT2D eigenvalue weighted by atomic mass is 9.99. The van der Waals surface area contributed by atoms with Crippen molar-refractivity contribution in [3.8, 4) is 0 Å². The highest BCUT2D eigenvalue weighted by atomic mass is 16.8. The van der Waals surface area contributed by atoms with Gasteiger partial charge in [0.15, 0.2) is 5.79 Å². The number of rotatable bonds is 8. The first-order valence-electron chi connectivity index (χ1n) is 6.95. The first-order valence-corrected chi connectivity index (χ1v) is 6.95. The molecule has 1 saturated heterocycles. The Kier molecular flexibility index (Phi) is 5.90. The monoisotopic (exact) mass is 244 g/mol. The molecule has 1 aliphatic heterocycles. The topological polar surface area (TPSA) is 27.7 Å². The van der Waals surface area contributed by atoms with E-state index in [0.717, 1.165) is 25.9 Å². The summed E-state index contributed by atoms with van der Waals surface area (Å²) in [6.45, 7) is 10.5. The van der Waals surface area contributed by atoms with Gasteiger partial charge in [-0.1, -0.05) is 33.1 Å². The Morgan fingerprint density at radius 2 is 1.82 bits per heavy atom. The minimum Gasteiger partial charge on any atom is -0.378 e. The highest BCUT2D eigenvalue weighted by molar-refractivity contribution is 4.88.